The third-order valence-electron chi connectivity index (χ3n) is 3.20. The van der Waals surface area contributed by atoms with Crippen molar-refractivity contribution in [3.63, 3.8) is 0 Å². The predicted octanol–water partition coefficient (Wildman–Crippen LogP) is 2.60. The third kappa shape index (κ3) is 4.15. The molecule has 3 heteroatoms. The molecule has 0 heterocycles. The van der Waals surface area contributed by atoms with Crippen LogP contribution in [0.5, 0.6) is 0 Å². The summed E-state index contributed by atoms with van der Waals surface area (Å²) in [6.07, 6.45) is 3.02. The van der Waals surface area contributed by atoms with E-state index >= 15 is 0 Å². The zero-order valence-corrected chi connectivity index (χ0v) is 11.0. The number of esters is 1. The van der Waals surface area contributed by atoms with E-state index in [9.17, 15) is 4.79 Å². The van der Waals surface area contributed by atoms with Gasteiger partial charge in [0.2, 0.25) is 0 Å². The molecule has 1 aromatic rings. The summed E-state index contributed by atoms with van der Waals surface area (Å²) < 4.78 is 4.98. The Morgan fingerprint density at radius 3 is 2.67 bits per heavy atom. The highest BCUT2D eigenvalue weighted by Gasteiger charge is 2.29. The summed E-state index contributed by atoms with van der Waals surface area (Å²) in [7, 11) is 0. The van der Waals surface area contributed by atoms with Gasteiger partial charge in [0.25, 0.3) is 0 Å². The molecule has 0 saturated heterocycles. The quantitative estimate of drug-likeness (QED) is 0.694. The molecule has 0 unspecified atom stereocenters. The maximum absolute atomic E-state index is 11.4. The molecule has 0 bridgehead atoms. The second kappa shape index (κ2) is 6.55. The van der Waals surface area contributed by atoms with Gasteiger partial charge < -0.3 is 4.74 Å². The first-order chi connectivity index (χ1) is 8.79. The van der Waals surface area contributed by atoms with E-state index in [0.29, 0.717) is 19.1 Å². The Labute approximate surface area is 109 Å². The van der Waals surface area contributed by atoms with Gasteiger partial charge in [-0.15, -0.1) is 0 Å². The minimum atomic E-state index is -0.0868. The summed E-state index contributed by atoms with van der Waals surface area (Å²) in [4.78, 5) is 13.8. The van der Waals surface area contributed by atoms with Crippen LogP contribution in [0.1, 0.15) is 31.7 Å². The minimum Gasteiger partial charge on any atom is -0.466 e. The summed E-state index contributed by atoms with van der Waals surface area (Å²) in [5, 5.41) is 0. The van der Waals surface area contributed by atoms with Crippen LogP contribution in [0, 0.1) is 0 Å². The number of hydrogen-bond acceptors (Lipinski definition) is 3. The SMILES string of the molecule is CCOC(=O)CCN(Cc1ccccc1)C1CC1. The summed E-state index contributed by atoms with van der Waals surface area (Å²) in [5.41, 5.74) is 1.31. The van der Waals surface area contributed by atoms with Crippen molar-refractivity contribution >= 4 is 5.97 Å². The number of nitrogens with zero attached hydrogens (tertiary/aromatic N) is 1. The molecule has 3 nitrogen and oxygen atoms in total. The Morgan fingerprint density at radius 2 is 2.06 bits per heavy atom. The number of rotatable bonds is 7. The fourth-order valence-corrected chi connectivity index (χ4v) is 2.12. The maximum Gasteiger partial charge on any atom is 0.307 e. The Morgan fingerprint density at radius 1 is 1.33 bits per heavy atom. The first kappa shape index (κ1) is 13.1. The molecule has 0 amide bonds. The van der Waals surface area contributed by atoms with E-state index in [0.717, 1.165) is 13.1 Å². The van der Waals surface area contributed by atoms with E-state index in [2.05, 4.69) is 29.2 Å². The average molecular weight is 247 g/mol. The van der Waals surface area contributed by atoms with E-state index < -0.39 is 0 Å². The highest BCUT2D eigenvalue weighted by atomic mass is 16.5. The molecule has 1 saturated carbocycles. The lowest BCUT2D eigenvalue weighted by atomic mass is 10.2. The van der Waals surface area contributed by atoms with Crippen molar-refractivity contribution in [2.24, 2.45) is 0 Å². The molecule has 1 fully saturated rings. The van der Waals surface area contributed by atoms with Gasteiger partial charge in [0.1, 0.15) is 0 Å². The van der Waals surface area contributed by atoms with Gasteiger partial charge in [-0.2, -0.15) is 0 Å². The van der Waals surface area contributed by atoms with E-state index in [1.165, 1.54) is 18.4 Å². The second-order valence-electron chi connectivity index (χ2n) is 4.74. The molecule has 1 aromatic carbocycles. The van der Waals surface area contributed by atoms with Crippen molar-refractivity contribution in [1.82, 2.24) is 4.90 Å². The van der Waals surface area contributed by atoms with Gasteiger partial charge in [0, 0.05) is 19.1 Å². The van der Waals surface area contributed by atoms with Crippen molar-refractivity contribution < 1.29 is 9.53 Å². The number of hydrogen-bond donors (Lipinski definition) is 0. The van der Waals surface area contributed by atoms with Crippen LogP contribution in [-0.4, -0.2) is 30.1 Å². The lowest BCUT2D eigenvalue weighted by molar-refractivity contribution is -0.143. The minimum absolute atomic E-state index is 0.0868. The Hall–Kier alpha value is -1.35. The van der Waals surface area contributed by atoms with Crippen LogP contribution in [-0.2, 0) is 16.1 Å². The lowest BCUT2D eigenvalue weighted by Gasteiger charge is -2.21. The zero-order chi connectivity index (χ0) is 12.8. The summed E-state index contributed by atoms with van der Waals surface area (Å²) in [5.74, 6) is -0.0868. The number of carbonyl (C=O) groups excluding carboxylic acids is 1. The third-order valence-corrected chi connectivity index (χ3v) is 3.20. The summed E-state index contributed by atoms with van der Waals surface area (Å²) >= 11 is 0. The van der Waals surface area contributed by atoms with Crippen LogP contribution < -0.4 is 0 Å². The van der Waals surface area contributed by atoms with Gasteiger partial charge >= 0.3 is 5.97 Å². The fourth-order valence-electron chi connectivity index (χ4n) is 2.12. The molecule has 0 N–H and O–H groups in total. The molecule has 0 atom stereocenters. The highest BCUT2D eigenvalue weighted by Crippen LogP contribution is 2.28. The molecule has 18 heavy (non-hydrogen) atoms. The molecule has 0 radical (unpaired) electrons. The fraction of sp³-hybridized carbons (Fsp3) is 0.533. The van der Waals surface area contributed by atoms with Crippen molar-refractivity contribution in [2.45, 2.75) is 38.8 Å². The molecule has 2 rings (SSSR count). The van der Waals surface area contributed by atoms with Crippen LogP contribution >= 0.6 is 0 Å². The van der Waals surface area contributed by atoms with Gasteiger partial charge in [-0.3, -0.25) is 9.69 Å². The molecular formula is C15H21NO2. The van der Waals surface area contributed by atoms with Crippen LogP contribution in [0.3, 0.4) is 0 Å². The van der Waals surface area contributed by atoms with Gasteiger partial charge in [-0.05, 0) is 25.3 Å². The zero-order valence-electron chi connectivity index (χ0n) is 11.0. The van der Waals surface area contributed by atoms with Crippen LogP contribution in [0.4, 0.5) is 0 Å². The van der Waals surface area contributed by atoms with Gasteiger partial charge in [0.05, 0.1) is 13.0 Å². The van der Waals surface area contributed by atoms with Crippen molar-refractivity contribution in [1.29, 1.82) is 0 Å². The largest absolute Gasteiger partial charge is 0.466 e. The van der Waals surface area contributed by atoms with E-state index in [1.54, 1.807) is 0 Å². The van der Waals surface area contributed by atoms with Crippen molar-refractivity contribution in [3.05, 3.63) is 35.9 Å². The summed E-state index contributed by atoms with van der Waals surface area (Å²) in [6, 6.07) is 11.1. The average Bonchev–Trinajstić information content (AvgIpc) is 3.20. The van der Waals surface area contributed by atoms with Crippen LogP contribution in [0.15, 0.2) is 30.3 Å². The van der Waals surface area contributed by atoms with Crippen molar-refractivity contribution in [2.75, 3.05) is 13.2 Å². The number of benzene rings is 1. The summed E-state index contributed by atoms with van der Waals surface area (Å²) in [6.45, 7) is 4.06. The Bertz CT molecular complexity index is 373. The Balaban J connectivity index is 1.83. The topological polar surface area (TPSA) is 29.5 Å². The highest BCUT2D eigenvalue weighted by molar-refractivity contribution is 5.69. The molecular weight excluding hydrogens is 226 g/mol. The lowest BCUT2D eigenvalue weighted by Crippen LogP contribution is -2.28. The van der Waals surface area contributed by atoms with Gasteiger partial charge in [0.15, 0.2) is 0 Å². The number of carbonyl (C=O) groups is 1. The van der Waals surface area contributed by atoms with Crippen LogP contribution in [0.25, 0.3) is 0 Å². The normalized spacial score (nSPS) is 14.8. The smallest absolute Gasteiger partial charge is 0.307 e. The molecule has 0 aromatic heterocycles. The Kier molecular flexibility index (Phi) is 4.76. The standard InChI is InChI=1S/C15H21NO2/c1-2-18-15(17)10-11-16(14-8-9-14)12-13-6-4-3-5-7-13/h3-7,14H,2,8-12H2,1H3. The molecule has 0 aliphatic heterocycles. The first-order valence-electron chi connectivity index (χ1n) is 6.73. The number of ether oxygens (including phenoxy) is 1. The molecule has 0 spiro atoms. The molecule has 1 aliphatic carbocycles. The molecule has 98 valence electrons. The maximum atomic E-state index is 11.4. The monoisotopic (exact) mass is 247 g/mol. The van der Waals surface area contributed by atoms with Gasteiger partial charge in [-0.25, -0.2) is 0 Å². The molecule has 1 aliphatic rings. The van der Waals surface area contributed by atoms with Crippen LogP contribution in [0.2, 0.25) is 0 Å². The second-order valence-corrected chi connectivity index (χ2v) is 4.74. The predicted molar refractivity (Wildman–Crippen MR) is 71.1 cm³/mol. The van der Waals surface area contributed by atoms with E-state index in [1.807, 2.05) is 13.0 Å². The van der Waals surface area contributed by atoms with E-state index in [-0.39, 0.29) is 5.97 Å². The van der Waals surface area contributed by atoms with Gasteiger partial charge in [-0.1, -0.05) is 30.3 Å². The van der Waals surface area contributed by atoms with E-state index in [4.69, 9.17) is 4.74 Å². The first-order valence-corrected chi connectivity index (χ1v) is 6.73. The van der Waals surface area contributed by atoms with Crippen molar-refractivity contribution in [3.8, 4) is 0 Å².